The van der Waals surface area contributed by atoms with Gasteiger partial charge in [-0.05, 0) is 59.7 Å². The van der Waals surface area contributed by atoms with Crippen LogP contribution in [0.5, 0.6) is 0 Å². The number of hydrogen-bond donors (Lipinski definition) is 2. The van der Waals surface area contributed by atoms with E-state index in [-0.39, 0.29) is 24.0 Å². The maximum Gasteiger partial charge on any atom is 0.191 e. The fraction of sp³-hybridized carbons (Fsp3) is 0.476. The van der Waals surface area contributed by atoms with Crippen molar-refractivity contribution >= 4 is 52.9 Å². The molecule has 0 bridgehead atoms. The largest absolute Gasteiger partial charge is 0.356 e. The molecule has 0 amide bonds. The summed E-state index contributed by atoms with van der Waals surface area (Å²) < 4.78 is 0. The van der Waals surface area contributed by atoms with Gasteiger partial charge in [0.05, 0.1) is 0 Å². The Hall–Kier alpha value is -0.830. The summed E-state index contributed by atoms with van der Waals surface area (Å²) in [6.45, 7) is 4.24. The molecule has 2 heterocycles. The predicted octanol–water partition coefficient (Wildman–Crippen LogP) is 4.78. The Labute approximate surface area is 194 Å². The lowest BCUT2D eigenvalue weighted by Crippen LogP contribution is -2.48. The van der Waals surface area contributed by atoms with E-state index in [1.807, 2.05) is 25.2 Å². The summed E-state index contributed by atoms with van der Waals surface area (Å²) in [5, 5.41) is 12.3. The number of nitrogens with one attached hydrogen (secondary N) is 2. The second-order valence-corrected chi connectivity index (χ2v) is 8.21. The van der Waals surface area contributed by atoms with Crippen LogP contribution >= 0.6 is 46.9 Å². The van der Waals surface area contributed by atoms with E-state index in [2.05, 4.69) is 43.4 Å². The fourth-order valence-corrected chi connectivity index (χ4v) is 4.34. The van der Waals surface area contributed by atoms with E-state index in [9.17, 15) is 0 Å². The van der Waals surface area contributed by atoms with Gasteiger partial charge in [0, 0.05) is 44.3 Å². The van der Waals surface area contributed by atoms with Crippen molar-refractivity contribution in [2.24, 2.45) is 4.99 Å². The molecule has 0 atom stereocenters. The topological polar surface area (TPSA) is 39.7 Å². The molecule has 3 rings (SSSR count). The molecule has 7 heteroatoms. The summed E-state index contributed by atoms with van der Waals surface area (Å²) in [4.78, 5) is 6.92. The van der Waals surface area contributed by atoms with Crippen molar-refractivity contribution in [3.63, 3.8) is 0 Å². The maximum absolute atomic E-state index is 6.22. The van der Waals surface area contributed by atoms with E-state index in [1.165, 1.54) is 11.1 Å². The quantitative estimate of drug-likeness (QED) is 0.233. The zero-order valence-corrected chi connectivity index (χ0v) is 20.3. The number of piperidine rings is 1. The van der Waals surface area contributed by atoms with Gasteiger partial charge in [0.2, 0.25) is 0 Å². The lowest BCUT2D eigenvalue weighted by Gasteiger charge is -2.33. The van der Waals surface area contributed by atoms with Gasteiger partial charge in [-0.2, -0.15) is 11.3 Å². The number of halogens is 2. The first-order chi connectivity index (χ1) is 13.2. The molecule has 1 fully saturated rings. The van der Waals surface area contributed by atoms with Crippen LogP contribution in [0.1, 0.15) is 30.4 Å². The smallest absolute Gasteiger partial charge is 0.191 e. The third-order valence-corrected chi connectivity index (χ3v) is 6.11. The van der Waals surface area contributed by atoms with Gasteiger partial charge in [0.15, 0.2) is 5.96 Å². The molecule has 0 spiro atoms. The summed E-state index contributed by atoms with van der Waals surface area (Å²) in [6, 6.07) is 10.8. The van der Waals surface area contributed by atoms with Gasteiger partial charge in [-0.1, -0.05) is 29.8 Å². The van der Waals surface area contributed by atoms with Gasteiger partial charge in [-0.3, -0.25) is 9.89 Å². The Kier molecular flexibility index (Phi) is 10.6. The highest BCUT2D eigenvalue weighted by atomic mass is 127. The molecule has 0 aliphatic carbocycles. The lowest BCUT2D eigenvalue weighted by atomic mass is 10.0. The van der Waals surface area contributed by atoms with E-state index in [0.29, 0.717) is 6.04 Å². The van der Waals surface area contributed by atoms with E-state index < -0.39 is 0 Å². The average molecular weight is 533 g/mol. The van der Waals surface area contributed by atoms with Gasteiger partial charge >= 0.3 is 0 Å². The lowest BCUT2D eigenvalue weighted by molar-refractivity contribution is 0.198. The first kappa shape index (κ1) is 23.4. The van der Waals surface area contributed by atoms with Crippen LogP contribution in [0.4, 0.5) is 0 Å². The van der Waals surface area contributed by atoms with E-state index in [4.69, 9.17) is 11.6 Å². The SMILES string of the molecule is CN=C(NCCCc1ccccc1Cl)NC1CCN(Cc2ccsc2)CC1.I. The number of hydrogen-bond acceptors (Lipinski definition) is 3. The number of rotatable bonds is 7. The van der Waals surface area contributed by atoms with Crippen LogP contribution in [0.3, 0.4) is 0 Å². The summed E-state index contributed by atoms with van der Waals surface area (Å²) in [5.41, 5.74) is 2.64. The van der Waals surface area contributed by atoms with Crippen LogP contribution in [0.2, 0.25) is 5.02 Å². The van der Waals surface area contributed by atoms with Gasteiger partial charge < -0.3 is 10.6 Å². The third-order valence-electron chi connectivity index (χ3n) is 5.01. The third kappa shape index (κ3) is 7.54. The first-order valence-corrected chi connectivity index (χ1v) is 11.0. The van der Waals surface area contributed by atoms with Crippen LogP contribution in [0, 0.1) is 0 Å². The van der Waals surface area contributed by atoms with Gasteiger partial charge in [0.1, 0.15) is 0 Å². The number of thiophene rings is 1. The molecule has 1 aliphatic rings. The highest BCUT2D eigenvalue weighted by Gasteiger charge is 2.20. The molecule has 4 nitrogen and oxygen atoms in total. The zero-order valence-electron chi connectivity index (χ0n) is 16.4. The minimum atomic E-state index is 0. The number of aryl methyl sites for hydroxylation is 1. The molecule has 2 aromatic rings. The molecule has 1 aliphatic heterocycles. The fourth-order valence-electron chi connectivity index (χ4n) is 3.45. The van der Waals surface area contributed by atoms with Crippen LogP contribution in [0.25, 0.3) is 0 Å². The molecule has 0 radical (unpaired) electrons. The molecule has 1 saturated heterocycles. The first-order valence-electron chi connectivity index (χ1n) is 9.68. The van der Waals surface area contributed by atoms with Crippen molar-refractivity contribution < 1.29 is 0 Å². The predicted molar refractivity (Wildman–Crippen MR) is 132 cm³/mol. The average Bonchev–Trinajstić information content (AvgIpc) is 3.20. The van der Waals surface area contributed by atoms with E-state index in [1.54, 1.807) is 11.3 Å². The van der Waals surface area contributed by atoms with Crippen molar-refractivity contribution in [3.8, 4) is 0 Å². The highest BCUT2D eigenvalue weighted by Crippen LogP contribution is 2.17. The number of benzene rings is 1. The minimum Gasteiger partial charge on any atom is -0.356 e. The Morgan fingerprint density at radius 1 is 1.25 bits per heavy atom. The number of guanidine groups is 1. The van der Waals surface area contributed by atoms with Gasteiger partial charge in [0.25, 0.3) is 0 Å². The molecule has 1 aromatic carbocycles. The number of nitrogens with zero attached hydrogens (tertiary/aromatic N) is 2. The molecule has 0 unspecified atom stereocenters. The summed E-state index contributed by atoms with van der Waals surface area (Å²) >= 11 is 8.00. The highest BCUT2D eigenvalue weighted by molar-refractivity contribution is 14.0. The maximum atomic E-state index is 6.22. The summed E-state index contributed by atoms with van der Waals surface area (Å²) in [6.07, 6.45) is 4.32. The van der Waals surface area contributed by atoms with E-state index in [0.717, 1.165) is 62.8 Å². The van der Waals surface area contributed by atoms with Crippen molar-refractivity contribution in [1.29, 1.82) is 0 Å². The van der Waals surface area contributed by atoms with Crippen molar-refractivity contribution in [2.45, 2.75) is 38.3 Å². The van der Waals surface area contributed by atoms with E-state index >= 15 is 0 Å². The Morgan fingerprint density at radius 3 is 2.71 bits per heavy atom. The molecule has 1 aromatic heterocycles. The second kappa shape index (κ2) is 12.7. The summed E-state index contributed by atoms with van der Waals surface area (Å²) in [7, 11) is 1.84. The van der Waals surface area contributed by atoms with Gasteiger partial charge in [-0.15, -0.1) is 24.0 Å². The normalized spacial score (nSPS) is 15.9. The summed E-state index contributed by atoms with van der Waals surface area (Å²) in [5.74, 6) is 0.908. The Bertz CT molecular complexity index is 715. The molecule has 2 N–H and O–H groups in total. The monoisotopic (exact) mass is 532 g/mol. The zero-order chi connectivity index (χ0) is 18.9. The van der Waals surface area contributed by atoms with Crippen LogP contribution < -0.4 is 10.6 Å². The second-order valence-electron chi connectivity index (χ2n) is 7.02. The molecule has 154 valence electrons. The Balaban J connectivity index is 0.00000280. The van der Waals surface area contributed by atoms with Crippen LogP contribution in [-0.2, 0) is 13.0 Å². The molecular weight excluding hydrogens is 503 g/mol. The molecular formula is C21H30ClIN4S. The van der Waals surface area contributed by atoms with Crippen LogP contribution in [0.15, 0.2) is 46.1 Å². The van der Waals surface area contributed by atoms with Crippen LogP contribution in [-0.4, -0.2) is 43.6 Å². The molecule has 0 saturated carbocycles. The number of aliphatic imine (C=N–C) groups is 1. The Morgan fingerprint density at radius 2 is 2.04 bits per heavy atom. The number of likely N-dealkylation sites (tertiary alicyclic amines) is 1. The standard InChI is InChI=1S/C21H29ClN4S.HI/c1-23-21(24-11-4-6-18-5-2-3-7-20(18)22)25-19-8-12-26(13-9-19)15-17-10-14-27-16-17;/h2-3,5,7,10,14,16,19H,4,6,8-9,11-13,15H2,1H3,(H2,23,24,25);1H. The van der Waals surface area contributed by atoms with Gasteiger partial charge in [-0.25, -0.2) is 0 Å². The van der Waals surface area contributed by atoms with Crippen molar-refractivity contribution in [3.05, 3.63) is 57.2 Å². The van der Waals surface area contributed by atoms with Crippen molar-refractivity contribution in [2.75, 3.05) is 26.7 Å². The minimum absolute atomic E-state index is 0. The van der Waals surface area contributed by atoms with Crippen molar-refractivity contribution in [1.82, 2.24) is 15.5 Å². The molecule has 28 heavy (non-hydrogen) atoms.